The number of aromatic nitrogens is 2. The molecule has 3 N–H and O–H groups in total. The van der Waals surface area contributed by atoms with Gasteiger partial charge in [-0.25, -0.2) is 20.2 Å². The molecule has 0 saturated heterocycles. The van der Waals surface area contributed by atoms with Crippen LogP contribution < -0.4 is 11.3 Å². The summed E-state index contributed by atoms with van der Waals surface area (Å²) in [7, 11) is 0. The van der Waals surface area contributed by atoms with Crippen molar-refractivity contribution < 1.29 is 4.39 Å². The molecule has 0 unspecified atom stereocenters. The Labute approximate surface area is 125 Å². The van der Waals surface area contributed by atoms with Crippen molar-refractivity contribution in [3.63, 3.8) is 0 Å². The molecule has 0 spiro atoms. The van der Waals surface area contributed by atoms with Crippen LogP contribution in [0.5, 0.6) is 0 Å². The predicted octanol–water partition coefficient (Wildman–Crippen LogP) is 3.63. The van der Waals surface area contributed by atoms with Crippen LogP contribution in [0.3, 0.4) is 0 Å². The minimum atomic E-state index is -0.315. The van der Waals surface area contributed by atoms with Crippen LogP contribution in [0.25, 0.3) is 11.4 Å². The smallest absolute Gasteiger partial charge is 0.162 e. The zero-order chi connectivity index (χ0) is 14.9. The zero-order valence-corrected chi connectivity index (χ0v) is 13.1. The van der Waals surface area contributed by atoms with Crippen molar-refractivity contribution in [3.8, 4) is 11.4 Å². The van der Waals surface area contributed by atoms with Crippen LogP contribution in [-0.4, -0.2) is 9.97 Å². The predicted molar refractivity (Wildman–Crippen MR) is 81.6 cm³/mol. The second-order valence-corrected chi connectivity index (χ2v) is 6.33. The Morgan fingerprint density at radius 2 is 1.90 bits per heavy atom. The average molecular weight is 339 g/mol. The summed E-state index contributed by atoms with van der Waals surface area (Å²) in [5, 5.41) is 0. The van der Waals surface area contributed by atoms with Gasteiger partial charge in [-0.2, -0.15) is 0 Å². The van der Waals surface area contributed by atoms with Crippen molar-refractivity contribution in [2.45, 2.75) is 26.2 Å². The average Bonchev–Trinajstić information content (AvgIpc) is 2.37. The second kappa shape index (κ2) is 5.46. The maximum absolute atomic E-state index is 13.2. The molecule has 2 rings (SSSR count). The molecular formula is C14H16BrFN4. The van der Waals surface area contributed by atoms with Gasteiger partial charge in [0.1, 0.15) is 11.6 Å². The molecular weight excluding hydrogens is 323 g/mol. The number of halogens is 2. The minimum Gasteiger partial charge on any atom is -0.308 e. The zero-order valence-electron chi connectivity index (χ0n) is 11.5. The van der Waals surface area contributed by atoms with E-state index in [4.69, 9.17) is 5.84 Å². The fraction of sp³-hybridized carbons (Fsp3) is 0.286. The first-order valence-electron chi connectivity index (χ1n) is 6.13. The fourth-order valence-corrected chi connectivity index (χ4v) is 2.22. The Morgan fingerprint density at radius 1 is 1.20 bits per heavy atom. The number of hydrogen-bond donors (Lipinski definition) is 2. The van der Waals surface area contributed by atoms with Crippen molar-refractivity contribution in [2.24, 2.45) is 5.84 Å². The van der Waals surface area contributed by atoms with Crippen LogP contribution in [-0.2, 0) is 5.41 Å². The molecule has 2 aromatic rings. The maximum atomic E-state index is 13.2. The molecule has 20 heavy (non-hydrogen) atoms. The monoisotopic (exact) mass is 338 g/mol. The summed E-state index contributed by atoms with van der Waals surface area (Å²) in [4.78, 5) is 8.88. The van der Waals surface area contributed by atoms with E-state index in [1.807, 2.05) is 0 Å². The Bertz CT molecular complexity index is 638. The van der Waals surface area contributed by atoms with Crippen molar-refractivity contribution in [1.29, 1.82) is 0 Å². The van der Waals surface area contributed by atoms with Gasteiger partial charge in [-0.05, 0) is 34.1 Å². The van der Waals surface area contributed by atoms with E-state index in [9.17, 15) is 4.39 Å². The van der Waals surface area contributed by atoms with E-state index in [0.717, 1.165) is 5.69 Å². The summed E-state index contributed by atoms with van der Waals surface area (Å²) >= 11 is 3.33. The topological polar surface area (TPSA) is 63.8 Å². The number of nitrogens with two attached hydrogens (primary N) is 1. The SMILES string of the molecule is CC(C)(C)c1cc(NN)nc(-c2ccc(F)cc2Br)n1. The van der Waals surface area contributed by atoms with Crippen LogP contribution in [0.1, 0.15) is 26.5 Å². The number of anilines is 1. The van der Waals surface area contributed by atoms with E-state index in [0.29, 0.717) is 21.7 Å². The van der Waals surface area contributed by atoms with Gasteiger partial charge in [0.2, 0.25) is 0 Å². The lowest BCUT2D eigenvalue weighted by atomic mass is 9.92. The van der Waals surface area contributed by atoms with E-state index in [1.165, 1.54) is 12.1 Å². The molecule has 0 aliphatic carbocycles. The highest BCUT2D eigenvalue weighted by Gasteiger charge is 2.19. The molecule has 1 heterocycles. The fourth-order valence-electron chi connectivity index (χ4n) is 1.70. The van der Waals surface area contributed by atoms with Gasteiger partial charge >= 0.3 is 0 Å². The van der Waals surface area contributed by atoms with Gasteiger partial charge in [-0.1, -0.05) is 20.8 Å². The van der Waals surface area contributed by atoms with Gasteiger partial charge in [0.05, 0.1) is 5.69 Å². The summed E-state index contributed by atoms with van der Waals surface area (Å²) in [6.07, 6.45) is 0. The third kappa shape index (κ3) is 3.13. The van der Waals surface area contributed by atoms with E-state index in [-0.39, 0.29) is 11.2 Å². The molecule has 0 bridgehead atoms. The number of hydrazine groups is 1. The van der Waals surface area contributed by atoms with E-state index in [2.05, 4.69) is 52.1 Å². The summed E-state index contributed by atoms with van der Waals surface area (Å²) in [6.45, 7) is 6.16. The number of hydrogen-bond acceptors (Lipinski definition) is 4. The molecule has 1 aromatic heterocycles. The van der Waals surface area contributed by atoms with Gasteiger partial charge in [0.15, 0.2) is 5.82 Å². The molecule has 4 nitrogen and oxygen atoms in total. The lowest BCUT2D eigenvalue weighted by molar-refractivity contribution is 0.568. The van der Waals surface area contributed by atoms with Crippen LogP contribution in [0.4, 0.5) is 10.2 Å². The third-order valence-electron chi connectivity index (χ3n) is 2.81. The highest BCUT2D eigenvalue weighted by Crippen LogP contribution is 2.30. The molecule has 0 atom stereocenters. The number of rotatable bonds is 2. The highest BCUT2D eigenvalue weighted by molar-refractivity contribution is 9.10. The Morgan fingerprint density at radius 3 is 2.45 bits per heavy atom. The van der Waals surface area contributed by atoms with E-state index < -0.39 is 0 Å². The van der Waals surface area contributed by atoms with Crippen molar-refractivity contribution in [2.75, 3.05) is 5.43 Å². The first kappa shape index (κ1) is 14.9. The van der Waals surface area contributed by atoms with Crippen molar-refractivity contribution in [1.82, 2.24) is 9.97 Å². The molecule has 1 aromatic carbocycles. The van der Waals surface area contributed by atoms with Gasteiger partial charge in [0, 0.05) is 21.5 Å². The van der Waals surface area contributed by atoms with Gasteiger partial charge < -0.3 is 5.43 Å². The third-order valence-corrected chi connectivity index (χ3v) is 3.47. The number of nitrogen functional groups attached to an aromatic ring is 1. The van der Waals surface area contributed by atoms with E-state index in [1.54, 1.807) is 12.1 Å². The molecule has 0 amide bonds. The van der Waals surface area contributed by atoms with Gasteiger partial charge in [-0.3, -0.25) is 0 Å². The molecule has 0 fully saturated rings. The first-order chi connectivity index (χ1) is 9.31. The first-order valence-corrected chi connectivity index (χ1v) is 6.92. The largest absolute Gasteiger partial charge is 0.308 e. The second-order valence-electron chi connectivity index (χ2n) is 5.48. The Hall–Kier alpha value is -1.53. The molecule has 106 valence electrons. The Balaban J connectivity index is 2.61. The molecule has 0 saturated carbocycles. The molecule has 0 aliphatic rings. The van der Waals surface area contributed by atoms with Gasteiger partial charge in [-0.15, -0.1) is 0 Å². The lowest BCUT2D eigenvalue weighted by Crippen LogP contribution is -2.17. The normalized spacial score (nSPS) is 11.5. The number of nitrogens with zero attached hydrogens (tertiary/aromatic N) is 2. The van der Waals surface area contributed by atoms with Crippen LogP contribution in [0, 0.1) is 5.82 Å². The van der Waals surface area contributed by atoms with Crippen LogP contribution >= 0.6 is 15.9 Å². The lowest BCUT2D eigenvalue weighted by Gasteiger charge is -2.19. The highest BCUT2D eigenvalue weighted by atomic mass is 79.9. The van der Waals surface area contributed by atoms with Crippen LogP contribution in [0.2, 0.25) is 0 Å². The summed E-state index contributed by atoms with van der Waals surface area (Å²) in [5.74, 6) is 6.17. The van der Waals surface area contributed by atoms with Crippen molar-refractivity contribution in [3.05, 3.63) is 40.2 Å². The number of benzene rings is 1. The van der Waals surface area contributed by atoms with Gasteiger partial charge in [0.25, 0.3) is 0 Å². The van der Waals surface area contributed by atoms with E-state index >= 15 is 0 Å². The molecule has 0 aliphatic heterocycles. The number of nitrogens with one attached hydrogen (secondary N) is 1. The maximum Gasteiger partial charge on any atom is 0.162 e. The minimum absolute atomic E-state index is 0.143. The van der Waals surface area contributed by atoms with Crippen LogP contribution in [0.15, 0.2) is 28.7 Å². The molecule has 6 heteroatoms. The summed E-state index contributed by atoms with van der Waals surface area (Å²) in [6, 6.07) is 6.21. The summed E-state index contributed by atoms with van der Waals surface area (Å²) in [5.41, 5.74) is 3.97. The quantitative estimate of drug-likeness (QED) is 0.648. The standard InChI is InChI=1S/C14H16BrFN4/c1-14(2,3)11-7-12(20-17)19-13(18-11)9-5-4-8(16)6-10(9)15/h4-7H,17H2,1-3H3,(H,18,19,20). The van der Waals surface area contributed by atoms with Crippen molar-refractivity contribution >= 4 is 21.7 Å². The molecule has 0 radical (unpaired) electrons. The Kier molecular flexibility index (Phi) is 4.06. The summed E-state index contributed by atoms with van der Waals surface area (Å²) < 4.78 is 13.8.